The molecule has 24 heavy (non-hydrogen) atoms. The minimum absolute atomic E-state index is 0.0408. The monoisotopic (exact) mass is 346 g/mol. The van der Waals surface area contributed by atoms with Crippen molar-refractivity contribution in [2.75, 3.05) is 20.1 Å². The maximum absolute atomic E-state index is 12.5. The lowest BCUT2D eigenvalue weighted by atomic mass is 10.1. The van der Waals surface area contributed by atoms with Gasteiger partial charge in [0.1, 0.15) is 10.7 Å². The van der Waals surface area contributed by atoms with Gasteiger partial charge in [-0.05, 0) is 32.0 Å². The van der Waals surface area contributed by atoms with Crippen molar-refractivity contribution >= 4 is 22.9 Å². The number of likely N-dealkylation sites (tertiary alicyclic amines) is 1. The molecule has 1 aliphatic rings. The summed E-state index contributed by atoms with van der Waals surface area (Å²) < 4.78 is 0. The summed E-state index contributed by atoms with van der Waals surface area (Å²) in [6, 6.07) is 6.68. The van der Waals surface area contributed by atoms with E-state index in [1.54, 1.807) is 17.5 Å². The molecular formula is C16H18N4O3S. The molecule has 2 aromatic rings. The third kappa shape index (κ3) is 3.44. The average molecular weight is 346 g/mol. The van der Waals surface area contributed by atoms with Crippen molar-refractivity contribution in [3.8, 4) is 10.6 Å². The van der Waals surface area contributed by atoms with Crippen LogP contribution >= 0.6 is 11.3 Å². The van der Waals surface area contributed by atoms with E-state index >= 15 is 0 Å². The molecule has 0 saturated carbocycles. The van der Waals surface area contributed by atoms with Gasteiger partial charge in [0.15, 0.2) is 0 Å². The summed E-state index contributed by atoms with van der Waals surface area (Å²) in [5.74, 6) is -0.0473. The van der Waals surface area contributed by atoms with Crippen LogP contribution in [0.25, 0.3) is 10.6 Å². The molecule has 7 nitrogen and oxygen atoms in total. The van der Waals surface area contributed by atoms with E-state index in [-0.39, 0.29) is 11.6 Å². The van der Waals surface area contributed by atoms with E-state index < -0.39 is 4.92 Å². The molecular weight excluding hydrogens is 328 g/mol. The van der Waals surface area contributed by atoms with E-state index in [0.717, 1.165) is 31.5 Å². The van der Waals surface area contributed by atoms with Crippen LogP contribution in [0.3, 0.4) is 0 Å². The van der Waals surface area contributed by atoms with Crippen LogP contribution in [-0.2, 0) is 0 Å². The van der Waals surface area contributed by atoms with Crippen LogP contribution in [0.4, 0.5) is 5.69 Å². The number of nitro groups is 1. The molecule has 1 aliphatic heterocycles. The fraction of sp³-hybridized carbons (Fsp3) is 0.375. The minimum atomic E-state index is -0.435. The molecule has 0 atom stereocenters. The maximum Gasteiger partial charge on any atom is 0.273 e. The Balaban J connectivity index is 1.71. The molecule has 0 radical (unpaired) electrons. The highest BCUT2D eigenvalue weighted by atomic mass is 32.1. The normalized spacial score (nSPS) is 15.5. The van der Waals surface area contributed by atoms with Gasteiger partial charge in [0.05, 0.1) is 4.92 Å². The van der Waals surface area contributed by atoms with Crippen molar-refractivity contribution in [2.24, 2.45) is 0 Å². The predicted molar refractivity (Wildman–Crippen MR) is 92.2 cm³/mol. The summed E-state index contributed by atoms with van der Waals surface area (Å²) >= 11 is 1.37. The first-order valence-corrected chi connectivity index (χ1v) is 8.63. The Morgan fingerprint density at radius 2 is 2.00 bits per heavy atom. The smallest absolute Gasteiger partial charge is 0.273 e. The van der Waals surface area contributed by atoms with Crippen molar-refractivity contribution in [1.82, 2.24) is 15.2 Å². The average Bonchev–Trinajstić information content (AvgIpc) is 3.11. The summed E-state index contributed by atoms with van der Waals surface area (Å²) in [6.07, 6.45) is 1.89. The quantitative estimate of drug-likeness (QED) is 0.679. The SMILES string of the molecule is CNC1CCN(C(=O)c2csc(-c3ccc([N+](=O)[O-])cc3)n2)CC1. The molecule has 1 N–H and O–H groups in total. The molecule has 0 aliphatic carbocycles. The summed E-state index contributed by atoms with van der Waals surface area (Å²) in [5, 5.41) is 16.4. The Morgan fingerprint density at radius 3 is 2.58 bits per heavy atom. The van der Waals surface area contributed by atoms with Gasteiger partial charge in [-0.2, -0.15) is 0 Å². The van der Waals surface area contributed by atoms with Crippen molar-refractivity contribution in [3.05, 3.63) is 45.5 Å². The number of amides is 1. The summed E-state index contributed by atoms with van der Waals surface area (Å²) in [6.45, 7) is 1.46. The molecule has 0 bridgehead atoms. The fourth-order valence-electron chi connectivity index (χ4n) is 2.76. The van der Waals surface area contributed by atoms with Crippen LogP contribution < -0.4 is 5.32 Å². The van der Waals surface area contributed by atoms with Gasteiger partial charge in [0, 0.05) is 42.2 Å². The second-order valence-corrected chi connectivity index (χ2v) is 6.56. The van der Waals surface area contributed by atoms with Gasteiger partial charge in [-0.1, -0.05) is 0 Å². The van der Waals surface area contributed by atoms with E-state index in [2.05, 4.69) is 10.3 Å². The number of hydrogen-bond acceptors (Lipinski definition) is 6. The van der Waals surface area contributed by atoms with Crippen LogP contribution in [0, 0.1) is 10.1 Å². The van der Waals surface area contributed by atoms with Gasteiger partial charge in [-0.3, -0.25) is 14.9 Å². The van der Waals surface area contributed by atoms with Gasteiger partial charge >= 0.3 is 0 Å². The molecule has 0 unspecified atom stereocenters. The third-order valence-corrected chi connectivity index (χ3v) is 5.13. The van der Waals surface area contributed by atoms with Crippen molar-refractivity contribution in [2.45, 2.75) is 18.9 Å². The zero-order valence-corrected chi connectivity index (χ0v) is 14.1. The Kier molecular flexibility index (Phi) is 4.86. The Hall–Kier alpha value is -2.32. The number of thiazole rings is 1. The molecule has 1 aromatic heterocycles. The first-order valence-electron chi connectivity index (χ1n) is 7.75. The Morgan fingerprint density at radius 1 is 1.33 bits per heavy atom. The van der Waals surface area contributed by atoms with E-state index in [1.165, 1.54) is 23.5 Å². The lowest BCUT2D eigenvalue weighted by molar-refractivity contribution is -0.384. The number of benzene rings is 1. The second-order valence-electron chi connectivity index (χ2n) is 5.70. The molecule has 126 valence electrons. The van der Waals surface area contributed by atoms with E-state index in [1.807, 2.05) is 11.9 Å². The lowest BCUT2D eigenvalue weighted by Crippen LogP contribution is -2.44. The Labute approximate surface area is 143 Å². The maximum atomic E-state index is 12.5. The third-order valence-electron chi connectivity index (χ3n) is 4.24. The number of nitro benzene ring substituents is 1. The number of hydrogen-bond donors (Lipinski definition) is 1. The molecule has 3 rings (SSSR count). The van der Waals surface area contributed by atoms with Gasteiger partial charge in [-0.15, -0.1) is 11.3 Å². The number of aromatic nitrogens is 1. The molecule has 2 heterocycles. The zero-order chi connectivity index (χ0) is 17.1. The molecule has 8 heteroatoms. The summed E-state index contributed by atoms with van der Waals surface area (Å²) in [5.41, 5.74) is 1.26. The fourth-order valence-corrected chi connectivity index (χ4v) is 3.56. The molecule has 1 saturated heterocycles. The van der Waals surface area contributed by atoms with E-state index in [4.69, 9.17) is 0 Å². The van der Waals surface area contributed by atoms with Gasteiger partial charge in [0.25, 0.3) is 11.6 Å². The largest absolute Gasteiger partial charge is 0.337 e. The van der Waals surface area contributed by atoms with Crippen molar-refractivity contribution < 1.29 is 9.72 Å². The van der Waals surface area contributed by atoms with Crippen molar-refractivity contribution in [1.29, 1.82) is 0 Å². The zero-order valence-electron chi connectivity index (χ0n) is 13.3. The molecule has 0 spiro atoms. The van der Waals surface area contributed by atoms with Crippen LogP contribution in [0.5, 0.6) is 0 Å². The number of nitrogens with one attached hydrogen (secondary N) is 1. The number of carbonyl (C=O) groups excluding carboxylic acids is 1. The van der Waals surface area contributed by atoms with Crippen molar-refractivity contribution in [3.63, 3.8) is 0 Å². The van der Waals surface area contributed by atoms with Crippen LogP contribution in [-0.4, -0.2) is 46.9 Å². The standard InChI is InChI=1S/C16H18N4O3S/c1-17-12-6-8-19(9-7-12)16(21)14-10-24-15(18-14)11-2-4-13(5-3-11)20(22)23/h2-5,10,12,17H,6-9H2,1H3. The van der Waals surface area contributed by atoms with E-state index in [0.29, 0.717) is 16.7 Å². The minimum Gasteiger partial charge on any atom is -0.337 e. The number of nitrogens with zero attached hydrogens (tertiary/aromatic N) is 3. The first-order chi connectivity index (χ1) is 11.6. The highest BCUT2D eigenvalue weighted by molar-refractivity contribution is 7.13. The number of piperidine rings is 1. The summed E-state index contributed by atoms with van der Waals surface area (Å²) in [7, 11) is 1.94. The Bertz CT molecular complexity index is 736. The molecule has 1 aromatic carbocycles. The number of non-ortho nitro benzene ring substituents is 1. The highest BCUT2D eigenvalue weighted by Crippen LogP contribution is 2.26. The molecule has 1 fully saturated rings. The first kappa shape index (κ1) is 16.5. The van der Waals surface area contributed by atoms with Gasteiger partial charge in [-0.25, -0.2) is 4.98 Å². The van der Waals surface area contributed by atoms with Crippen LogP contribution in [0.15, 0.2) is 29.6 Å². The van der Waals surface area contributed by atoms with Gasteiger partial charge in [0.2, 0.25) is 0 Å². The van der Waals surface area contributed by atoms with Crippen LogP contribution in [0.2, 0.25) is 0 Å². The second kappa shape index (κ2) is 7.06. The topological polar surface area (TPSA) is 88.4 Å². The summed E-state index contributed by atoms with van der Waals surface area (Å²) in [4.78, 5) is 29.1. The van der Waals surface area contributed by atoms with E-state index in [9.17, 15) is 14.9 Å². The predicted octanol–water partition coefficient (Wildman–Crippen LogP) is 2.54. The van der Waals surface area contributed by atoms with Gasteiger partial charge < -0.3 is 10.2 Å². The highest BCUT2D eigenvalue weighted by Gasteiger charge is 2.24. The van der Waals surface area contributed by atoms with Crippen LogP contribution in [0.1, 0.15) is 23.3 Å². The number of rotatable bonds is 4. The number of carbonyl (C=O) groups is 1. The lowest BCUT2D eigenvalue weighted by Gasteiger charge is -2.31. The molecule has 1 amide bonds.